The second-order valence-electron chi connectivity index (χ2n) is 2.60. The maximum Gasteiger partial charge on any atom is 0.183 e. The van der Waals surface area contributed by atoms with E-state index in [0.717, 1.165) is 12.3 Å². The van der Waals surface area contributed by atoms with Crippen molar-refractivity contribution in [3.8, 4) is 0 Å². The summed E-state index contributed by atoms with van der Waals surface area (Å²) in [6.07, 6.45) is 1.00. The second kappa shape index (κ2) is 2.52. The van der Waals surface area contributed by atoms with Gasteiger partial charge in [0.05, 0.1) is 5.52 Å². The van der Waals surface area contributed by atoms with E-state index in [9.17, 15) is 13.2 Å². The van der Waals surface area contributed by atoms with Crippen molar-refractivity contribution in [3.63, 3.8) is 0 Å². The van der Waals surface area contributed by atoms with Crippen LogP contribution in [-0.4, -0.2) is 4.57 Å². The van der Waals surface area contributed by atoms with Gasteiger partial charge >= 0.3 is 0 Å². The summed E-state index contributed by atoms with van der Waals surface area (Å²) in [6.45, 7) is -2.68. The number of halogens is 3. The minimum absolute atomic E-state index is 0.255. The third-order valence-electron chi connectivity index (χ3n) is 1.81. The number of hydrogen-bond donors (Lipinski definition) is 0. The van der Waals surface area contributed by atoms with E-state index in [1.165, 1.54) is 0 Å². The van der Waals surface area contributed by atoms with Crippen LogP contribution in [0, 0.1) is 17.5 Å². The van der Waals surface area contributed by atoms with E-state index in [2.05, 4.69) is 0 Å². The Morgan fingerprint density at radius 2 is 2.08 bits per heavy atom. The van der Waals surface area contributed by atoms with Crippen molar-refractivity contribution in [1.82, 2.24) is 4.57 Å². The molecule has 0 aliphatic carbocycles. The largest absolute Gasteiger partial charge is 0.348 e. The van der Waals surface area contributed by atoms with Gasteiger partial charge in [-0.3, -0.25) is 0 Å². The molecule has 1 nitrogen and oxygen atoms in total. The lowest BCUT2D eigenvalue weighted by molar-refractivity contribution is 0.502. The van der Waals surface area contributed by atoms with Gasteiger partial charge in [-0.05, 0) is 6.07 Å². The van der Waals surface area contributed by atoms with Gasteiger partial charge in [-0.25, -0.2) is 13.2 Å². The van der Waals surface area contributed by atoms with Crippen molar-refractivity contribution in [2.45, 2.75) is 0 Å². The molecule has 0 aliphatic heterocycles. The van der Waals surface area contributed by atoms with Crippen molar-refractivity contribution < 1.29 is 17.3 Å². The molecule has 2 aromatic rings. The molecule has 1 aromatic carbocycles. The molecule has 0 fully saturated rings. The van der Waals surface area contributed by atoms with Gasteiger partial charge < -0.3 is 4.57 Å². The van der Waals surface area contributed by atoms with Crippen molar-refractivity contribution in [3.05, 3.63) is 35.8 Å². The molecule has 0 atom stereocenters. The van der Waals surface area contributed by atoms with Crippen molar-refractivity contribution in [1.29, 1.82) is 0 Å². The smallest absolute Gasteiger partial charge is 0.183 e. The molecule has 68 valence electrons. The molecule has 0 bridgehead atoms. The maximum atomic E-state index is 13.4. The van der Waals surface area contributed by atoms with Crippen LogP contribution in [0.5, 0.6) is 0 Å². The third kappa shape index (κ3) is 1.02. The highest BCUT2D eigenvalue weighted by molar-refractivity contribution is 5.81. The zero-order chi connectivity index (χ0) is 12.1. The second-order valence-corrected chi connectivity index (χ2v) is 2.60. The molecular formula is C9H6F3N. The van der Waals surface area contributed by atoms with Crippen molar-refractivity contribution in [2.24, 2.45) is 6.98 Å². The summed E-state index contributed by atoms with van der Waals surface area (Å²) >= 11 is 0. The molecule has 0 unspecified atom stereocenters. The van der Waals surface area contributed by atoms with Gasteiger partial charge in [-0.15, -0.1) is 0 Å². The van der Waals surface area contributed by atoms with Gasteiger partial charge in [-0.2, -0.15) is 0 Å². The predicted octanol–water partition coefficient (Wildman–Crippen LogP) is 2.60. The molecule has 0 amide bonds. The molecule has 1 aromatic heterocycles. The van der Waals surface area contributed by atoms with Crippen LogP contribution in [0.2, 0.25) is 0 Å². The summed E-state index contributed by atoms with van der Waals surface area (Å²) < 4.78 is 61.4. The lowest BCUT2D eigenvalue weighted by Crippen LogP contribution is -1.93. The van der Waals surface area contributed by atoms with Crippen molar-refractivity contribution >= 4 is 10.9 Å². The van der Waals surface area contributed by atoms with E-state index in [4.69, 9.17) is 4.11 Å². The summed E-state index contributed by atoms with van der Waals surface area (Å²) in [5.41, 5.74) is -0.586. The summed E-state index contributed by atoms with van der Waals surface area (Å²) in [7, 11) is 0. The van der Waals surface area contributed by atoms with Crippen LogP contribution >= 0.6 is 0 Å². The van der Waals surface area contributed by atoms with E-state index in [1.54, 1.807) is 0 Å². The van der Waals surface area contributed by atoms with Gasteiger partial charge in [0, 0.05) is 28.7 Å². The van der Waals surface area contributed by atoms with E-state index >= 15 is 0 Å². The summed E-state index contributed by atoms with van der Waals surface area (Å²) in [4.78, 5) is 0. The van der Waals surface area contributed by atoms with E-state index in [-0.39, 0.29) is 5.39 Å². The van der Waals surface area contributed by atoms with Crippen LogP contribution in [-0.2, 0) is 6.98 Å². The highest BCUT2D eigenvalue weighted by Gasteiger charge is 2.14. The van der Waals surface area contributed by atoms with Gasteiger partial charge in [0.15, 0.2) is 11.6 Å². The number of aryl methyl sites for hydroxylation is 1. The normalized spacial score (nSPS) is 15.5. The monoisotopic (exact) mass is 188 g/mol. The van der Waals surface area contributed by atoms with Crippen molar-refractivity contribution in [2.75, 3.05) is 0 Å². The molecule has 13 heavy (non-hydrogen) atoms. The molecule has 2 rings (SSSR count). The molecular weight excluding hydrogens is 179 g/mol. The summed E-state index contributed by atoms with van der Waals surface area (Å²) in [5.74, 6) is -3.76. The predicted molar refractivity (Wildman–Crippen MR) is 42.8 cm³/mol. The van der Waals surface area contributed by atoms with Gasteiger partial charge in [0.2, 0.25) is 0 Å². The van der Waals surface area contributed by atoms with Crippen LogP contribution in [0.3, 0.4) is 0 Å². The number of benzene rings is 1. The first kappa shape index (κ1) is 5.32. The molecule has 0 N–H and O–H groups in total. The Balaban J connectivity index is 2.91. The fourth-order valence-corrected chi connectivity index (χ4v) is 1.21. The van der Waals surface area contributed by atoms with E-state index < -0.39 is 29.9 Å². The zero-order valence-electron chi connectivity index (χ0n) is 9.31. The Kier molecular flexibility index (Phi) is 1.03. The minimum atomic E-state index is -2.68. The summed E-state index contributed by atoms with van der Waals surface area (Å²) in [5, 5.41) is -0.255. The molecule has 0 aliphatic rings. The first-order valence-electron chi connectivity index (χ1n) is 4.97. The Labute approximate surface area is 76.6 Å². The quantitative estimate of drug-likeness (QED) is 0.560. The van der Waals surface area contributed by atoms with Crippen LogP contribution in [0.1, 0.15) is 4.11 Å². The fraction of sp³-hybridized carbons (Fsp3) is 0.111. The zero-order valence-corrected chi connectivity index (χ0v) is 6.31. The Morgan fingerprint density at radius 3 is 2.77 bits per heavy atom. The highest BCUT2D eigenvalue weighted by atomic mass is 19.2. The maximum absolute atomic E-state index is 13.4. The minimum Gasteiger partial charge on any atom is -0.348 e. The molecule has 4 heteroatoms. The van der Waals surface area contributed by atoms with Gasteiger partial charge in [-0.1, -0.05) is 0 Å². The number of nitrogens with zero attached hydrogens (tertiary/aromatic N) is 1. The summed E-state index contributed by atoms with van der Waals surface area (Å²) in [6, 6.07) is 1.49. The standard InChI is InChI=1S/C9H6F3N/c1-13-3-2-5-6(10)4-7(11)8(12)9(5)13/h2-4H,1H3/i1D3. The Bertz CT molecular complexity index is 559. The van der Waals surface area contributed by atoms with Crippen LogP contribution in [0.4, 0.5) is 13.2 Å². The lowest BCUT2D eigenvalue weighted by Gasteiger charge is -2.00. The van der Waals surface area contributed by atoms with Crippen LogP contribution < -0.4 is 0 Å². The van der Waals surface area contributed by atoms with Gasteiger partial charge in [0.25, 0.3) is 0 Å². The number of hydrogen-bond acceptors (Lipinski definition) is 0. The van der Waals surface area contributed by atoms with E-state index in [0.29, 0.717) is 10.6 Å². The molecule has 0 saturated carbocycles. The first-order valence-corrected chi connectivity index (χ1v) is 3.47. The Morgan fingerprint density at radius 1 is 1.31 bits per heavy atom. The molecule has 0 radical (unpaired) electrons. The molecule has 0 saturated heterocycles. The highest BCUT2D eigenvalue weighted by Crippen LogP contribution is 2.23. The Hall–Kier alpha value is -1.45. The number of rotatable bonds is 0. The lowest BCUT2D eigenvalue weighted by atomic mass is 10.2. The third-order valence-corrected chi connectivity index (χ3v) is 1.81. The molecule has 0 spiro atoms. The first-order chi connectivity index (χ1) is 7.32. The average molecular weight is 188 g/mol. The fourth-order valence-electron chi connectivity index (χ4n) is 1.21. The van der Waals surface area contributed by atoms with Crippen LogP contribution in [0.25, 0.3) is 10.9 Å². The SMILES string of the molecule is [2H]C([2H])([2H])n1ccc2c(F)cc(F)c(F)c21. The number of fused-ring (bicyclic) bond motifs is 1. The topological polar surface area (TPSA) is 4.93 Å². The van der Waals surface area contributed by atoms with Gasteiger partial charge in [0.1, 0.15) is 5.82 Å². The van der Waals surface area contributed by atoms with Crippen LogP contribution in [0.15, 0.2) is 18.3 Å². The number of aromatic nitrogens is 1. The molecule has 1 heterocycles. The average Bonchev–Trinajstić information content (AvgIpc) is 2.58. The van der Waals surface area contributed by atoms with E-state index in [1.807, 2.05) is 0 Å².